The molecular formula is C14H18BrNO2S. The Balaban J connectivity index is 1.79. The Hall–Kier alpha value is -0.520. The minimum Gasteiger partial charge on any atom is -0.478 e. The van der Waals surface area contributed by atoms with Crippen LogP contribution in [0, 0.1) is 0 Å². The fourth-order valence-electron chi connectivity index (χ4n) is 2.24. The van der Waals surface area contributed by atoms with E-state index in [1.165, 1.54) is 25.9 Å². The molecule has 0 unspecified atom stereocenters. The molecule has 1 aliphatic heterocycles. The predicted molar refractivity (Wildman–Crippen MR) is 82.1 cm³/mol. The lowest BCUT2D eigenvalue weighted by atomic mass is 10.2. The number of carboxylic acid groups (broad SMARTS) is 1. The molecule has 104 valence electrons. The Morgan fingerprint density at radius 3 is 2.79 bits per heavy atom. The van der Waals surface area contributed by atoms with Crippen LogP contribution in [-0.2, 0) is 0 Å². The number of thioether (sulfide) groups is 1. The summed E-state index contributed by atoms with van der Waals surface area (Å²) in [5, 5.41) is 9.06. The third kappa shape index (κ3) is 4.51. The normalized spacial score (nSPS) is 15.8. The summed E-state index contributed by atoms with van der Waals surface area (Å²) >= 11 is 4.99. The van der Waals surface area contributed by atoms with Crippen LogP contribution < -0.4 is 0 Å². The summed E-state index contributed by atoms with van der Waals surface area (Å²) in [7, 11) is 0. The summed E-state index contributed by atoms with van der Waals surface area (Å²) in [5.74, 6) is 0.156. The highest BCUT2D eigenvalue weighted by molar-refractivity contribution is 9.10. The van der Waals surface area contributed by atoms with Crippen molar-refractivity contribution in [3.05, 3.63) is 28.2 Å². The monoisotopic (exact) mass is 343 g/mol. The maximum atomic E-state index is 11.0. The van der Waals surface area contributed by atoms with E-state index in [1.54, 1.807) is 17.8 Å². The third-order valence-electron chi connectivity index (χ3n) is 3.25. The molecule has 1 saturated heterocycles. The number of nitrogens with zero attached hydrogens (tertiary/aromatic N) is 1. The van der Waals surface area contributed by atoms with E-state index >= 15 is 0 Å². The summed E-state index contributed by atoms with van der Waals surface area (Å²) in [6, 6.07) is 5.52. The molecular weight excluding hydrogens is 326 g/mol. The first-order valence-electron chi connectivity index (χ1n) is 6.55. The van der Waals surface area contributed by atoms with E-state index < -0.39 is 5.97 Å². The number of rotatable bonds is 6. The number of benzene rings is 1. The second kappa shape index (κ2) is 7.31. The molecule has 1 aromatic rings. The lowest BCUT2D eigenvalue weighted by Gasteiger charge is -2.13. The van der Waals surface area contributed by atoms with Crippen LogP contribution in [0.4, 0.5) is 0 Å². The van der Waals surface area contributed by atoms with Gasteiger partial charge >= 0.3 is 5.97 Å². The minimum absolute atomic E-state index is 0.338. The Kier molecular flexibility index (Phi) is 5.73. The van der Waals surface area contributed by atoms with Crippen molar-refractivity contribution in [3.63, 3.8) is 0 Å². The van der Waals surface area contributed by atoms with Gasteiger partial charge < -0.3 is 10.0 Å². The first-order valence-corrected chi connectivity index (χ1v) is 8.32. The zero-order valence-corrected chi connectivity index (χ0v) is 13.2. The van der Waals surface area contributed by atoms with Gasteiger partial charge in [-0.05, 0) is 78.8 Å². The van der Waals surface area contributed by atoms with Gasteiger partial charge in [0.2, 0.25) is 0 Å². The van der Waals surface area contributed by atoms with Gasteiger partial charge in [0, 0.05) is 9.37 Å². The second-order valence-corrected chi connectivity index (χ2v) is 6.72. The molecule has 1 aromatic carbocycles. The number of carbonyl (C=O) groups is 1. The number of likely N-dealkylation sites (tertiary alicyclic amines) is 1. The Morgan fingerprint density at radius 1 is 1.37 bits per heavy atom. The molecule has 0 aromatic heterocycles. The molecule has 0 radical (unpaired) electrons. The van der Waals surface area contributed by atoms with Gasteiger partial charge in [0.25, 0.3) is 0 Å². The van der Waals surface area contributed by atoms with Crippen LogP contribution >= 0.6 is 27.7 Å². The molecule has 0 bridgehead atoms. The van der Waals surface area contributed by atoms with E-state index in [0.717, 1.165) is 23.6 Å². The van der Waals surface area contributed by atoms with E-state index in [1.807, 2.05) is 12.1 Å². The van der Waals surface area contributed by atoms with Crippen LogP contribution in [0.5, 0.6) is 0 Å². The summed E-state index contributed by atoms with van der Waals surface area (Å²) < 4.78 is 0.640. The predicted octanol–water partition coefficient (Wildman–Crippen LogP) is 3.73. The quantitative estimate of drug-likeness (QED) is 0.631. The molecule has 5 heteroatoms. The SMILES string of the molecule is O=C(O)c1cc(SCCCN2CCCC2)ccc1Br. The van der Waals surface area contributed by atoms with Gasteiger partial charge in [0.15, 0.2) is 0 Å². The van der Waals surface area contributed by atoms with Crippen molar-refractivity contribution in [2.45, 2.75) is 24.2 Å². The summed E-state index contributed by atoms with van der Waals surface area (Å²) in [6.45, 7) is 3.65. The molecule has 19 heavy (non-hydrogen) atoms. The van der Waals surface area contributed by atoms with Crippen molar-refractivity contribution in [1.29, 1.82) is 0 Å². The molecule has 0 spiro atoms. The van der Waals surface area contributed by atoms with Crippen molar-refractivity contribution in [2.75, 3.05) is 25.4 Å². The van der Waals surface area contributed by atoms with Gasteiger partial charge in [-0.3, -0.25) is 0 Å². The van der Waals surface area contributed by atoms with Gasteiger partial charge in [-0.15, -0.1) is 11.8 Å². The summed E-state index contributed by atoms with van der Waals surface area (Å²) in [4.78, 5) is 14.6. The highest BCUT2D eigenvalue weighted by Crippen LogP contribution is 2.25. The standard InChI is InChI=1S/C14H18BrNO2S/c15-13-5-4-11(10-12(13)14(17)18)19-9-3-8-16-6-1-2-7-16/h4-5,10H,1-3,6-9H2,(H,17,18). The van der Waals surface area contributed by atoms with Crippen LogP contribution in [0.15, 0.2) is 27.6 Å². The lowest BCUT2D eigenvalue weighted by Crippen LogP contribution is -2.20. The van der Waals surface area contributed by atoms with Crippen molar-refractivity contribution in [2.24, 2.45) is 0 Å². The molecule has 0 saturated carbocycles. The van der Waals surface area contributed by atoms with Crippen LogP contribution in [0.3, 0.4) is 0 Å². The highest BCUT2D eigenvalue weighted by atomic mass is 79.9. The fourth-order valence-corrected chi connectivity index (χ4v) is 3.53. The van der Waals surface area contributed by atoms with Gasteiger partial charge in [0.05, 0.1) is 5.56 Å². The molecule has 0 amide bonds. The molecule has 2 rings (SSSR count). The Morgan fingerprint density at radius 2 is 2.11 bits per heavy atom. The number of halogens is 1. The third-order valence-corrected chi connectivity index (χ3v) is 5.03. The second-order valence-electron chi connectivity index (χ2n) is 4.70. The smallest absolute Gasteiger partial charge is 0.336 e. The average Bonchev–Trinajstić information content (AvgIpc) is 2.89. The highest BCUT2D eigenvalue weighted by Gasteiger charge is 2.11. The minimum atomic E-state index is -0.883. The molecule has 0 atom stereocenters. The van der Waals surface area contributed by atoms with Crippen molar-refractivity contribution in [1.82, 2.24) is 4.90 Å². The van der Waals surface area contributed by atoms with Gasteiger partial charge in [0.1, 0.15) is 0 Å². The van der Waals surface area contributed by atoms with E-state index in [0.29, 0.717) is 10.0 Å². The first kappa shape index (κ1) is 14.9. The zero-order chi connectivity index (χ0) is 13.7. The van der Waals surface area contributed by atoms with Crippen LogP contribution in [-0.4, -0.2) is 41.4 Å². The molecule has 1 aliphatic rings. The largest absolute Gasteiger partial charge is 0.478 e. The van der Waals surface area contributed by atoms with E-state index in [4.69, 9.17) is 5.11 Å². The van der Waals surface area contributed by atoms with Crippen molar-refractivity contribution in [3.8, 4) is 0 Å². The maximum Gasteiger partial charge on any atom is 0.336 e. The van der Waals surface area contributed by atoms with Crippen LogP contribution in [0.1, 0.15) is 29.6 Å². The van der Waals surface area contributed by atoms with Crippen molar-refractivity contribution >= 4 is 33.7 Å². The van der Waals surface area contributed by atoms with Gasteiger partial charge in [-0.25, -0.2) is 4.79 Å². The maximum absolute atomic E-state index is 11.0. The van der Waals surface area contributed by atoms with Crippen LogP contribution in [0.25, 0.3) is 0 Å². The summed E-state index contributed by atoms with van der Waals surface area (Å²) in [5.41, 5.74) is 0.338. The van der Waals surface area contributed by atoms with Gasteiger partial charge in [-0.2, -0.15) is 0 Å². The molecule has 3 nitrogen and oxygen atoms in total. The molecule has 0 aliphatic carbocycles. The van der Waals surface area contributed by atoms with Crippen LogP contribution in [0.2, 0.25) is 0 Å². The molecule has 1 fully saturated rings. The topological polar surface area (TPSA) is 40.5 Å². The summed E-state index contributed by atoms with van der Waals surface area (Å²) in [6.07, 6.45) is 3.83. The zero-order valence-electron chi connectivity index (χ0n) is 10.8. The Labute approximate surface area is 126 Å². The molecule has 1 N–H and O–H groups in total. The number of carboxylic acids is 1. The lowest BCUT2D eigenvalue weighted by molar-refractivity contribution is 0.0695. The molecule has 1 heterocycles. The number of hydrogen-bond acceptors (Lipinski definition) is 3. The fraction of sp³-hybridized carbons (Fsp3) is 0.500. The van der Waals surface area contributed by atoms with Crippen molar-refractivity contribution < 1.29 is 9.90 Å². The van der Waals surface area contributed by atoms with E-state index in [2.05, 4.69) is 20.8 Å². The average molecular weight is 344 g/mol. The number of aromatic carboxylic acids is 1. The van der Waals surface area contributed by atoms with E-state index in [9.17, 15) is 4.79 Å². The Bertz CT molecular complexity index is 447. The first-order chi connectivity index (χ1) is 9.16. The van der Waals surface area contributed by atoms with E-state index in [-0.39, 0.29) is 0 Å². The number of hydrogen-bond donors (Lipinski definition) is 1. The van der Waals surface area contributed by atoms with Gasteiger partial charge in [-0.1, -0.05) is 0 Å².